The number of nitrogens with zero attached hydrogens (tertiary/aromatic N) is 5. The fourth-order valence-electron chi connectivity index (χ4n) is 9.99. The number of hydrogen-bond donors (Lipinski definition) is 4. The van der Waals surface area contributed by atoms with Crippen molar-refractivity contribution in [3.05, 3.63) is 83.2 Å². The Morgan fingerprint density at radius 2 is 1.14 bits per heavy atom. The van der Waals surface area contributed by atoms with Gasteiger partial charge in [0.1, 0.15) is 34.4 Å². The molecule has 0 spiro atoms. The largest absolute Gasteiger partial charge is 0.453 e. The summed E-state index contributed by atoms with van der Waals surface area (Å²) >= 11 is 0. The number of rotatable bonds is 12. The van der Waals surface area contributed by atoms with E-state index in [0.29, 0.717) is 67.1 Å². The Hall–Kier alpha value is -6.24. The minimum absolute atomic E-state index is 0.175. The molecule has 3 aromatic carbocycles. The first-order chi connectivity index (χ1) is 31.5. The van der Waals surface area contributed by atoms with Crippen molar-refractivity contribution in [2.75, 3.05) is 38.5 Å². The van der Waals surface area contributed by atoms with Crippen LogP contribution in [0.2, 0.25) is 0 Å². The van der Waals surface area contributed by atoms with E-state index in [1.54, 1.807) is 15.9 Å². The van der Waals surface area contributed by atoms with Gasteiger partial charge in [0.2, 0.25) is 11.8 Å². The van der Waals surface area contributed by atoms with Crippen LogP contribution in [0.1, 0.15) is 113 Å². The number of sulfone groups is 1. The average molecular weight is 928 g/mol. The smallest absolute Gasteiger partial charge is 0.407 e. The molecular weight excluding hydrogens is 870 g/mol. The summed E-state index contributed by atoms with van der Waals surface area (Å²) in [7, 11) is -1.30. The third-order valence-corrected chi connectivity index (χ3v) is 14.4. The molecule has 3 saturated heterocycles. The molecule has 8 rings (SSSR count). The van der Waals surface area contributed by atoms with Crippen molar-refractivity contribution in [3.8, 4) is 0 Å². The highest BCUT2D eigenvalue weighted by Gasteiger charge is 2.41. The van der Waals surface area contributed by atoms with E-state index in [4.69, 9.17) is 19.4 Å². The number of likely N-dealkylation sites (tertiary alicyclic amines) is 2. The third kappa shape index (κ3) is 9.00. The number of aromatic amines is 2. The second-order valence-corrected chi connectivity index (χ2v) is 20.3. The number of methoxy groups -OCH3 is 2. The van der Waals surface area contributed by atoms with Gasteiger partial charge in [-0.05, 0) is 104 Å². The van der Waals surface area contributed by atoms with Crippen LogP contribution in [0.15, 0.2) is 59.5 Å². The molecule has 4 amide bonds. The number of hydrogen-bond acceptors (Lipinski definition) is 11. The van der Waals surface area contributed by atoms with Gasteiger partial charge in [-0.25, -0.2) is 32.4 Å². The molecule has 17 nitrogen and oxygen atoms in total. The molecule has 3 aliphatic heterocycles. The lowest BCUT2D eigenvalue weighted by molar-refractivity contribution is -0.136. The zero-order valence-corrected chi connectivity index (χ0v) is 39.1. The maximum Gasteiger partial charge on any atom is 0.407 e. The summed E-state index contributed by atoms with van der Waals surface area (Å²) in [6, 6.07) is 13.5. The van der Waals surface area contributed by atoms with Gasteiger partial charge in [0.15, 0.2) is 9.84 Å². The van der Waals surface area contributed by atoms with Crippen LogP contribution >= 0.6 is 0 Å². The first-order valence-corrected chi connectivity index (χ1v) is 24.4. The first kappa shape index (κ1) is 46.3. The van der Waals surface area contributed by atoms with Crippen LogP contribution in [0.5, 0.6) is 0 Å². The summed E-state index contributed by atoms with van der Waals surface area (Å²) < 4.78 is 50.3. The highest BCUT2D eigenvalue weighted by molar-refractivity contribution is 7.90. The lowest BCUT2D eigenvalue weighted by Crippen LogP contribution is -2.51. The quantitative estimate of drug-likeness (QED) is 0.0987. The van der Waals surface area contributed by atoms with Crippen molar-refractivity contribution in [1.82, 2.24) is 40.4 Å². The van der Waals surface area contributed by atoms with Crippen molar-refractivity contribution >= 4 is 61.6 Å². The summed E-state index contributed by atoms with van der Waals surface area (Å²) in [4.78, 5) is 74.1. The van der Waals surface area contributed by atoms with E-state index in [1.165, 1.54) is 26.4 Å². The zero-order valence-electron chi connectivity index (χ0n) is 38.3. The second-order valence-electron chi connectivity index (χ2n) is 18.3. The Bertz CT molecular complexity index is 2630. The molecule has 0 saturated carbocycles. The summed E-state index contributed by atoms with van der Waals surface area (Å²) in [5.74, 6) is -0.309. The lowest BCUT2D eigenvalue weighted by Gasteiger charge is -2.33. The Balaban J connectivity index is 1.10. The Morgan fingerprint density at radius 3 is 1.53 bits per heavy atom. The van der Waals surface area contributed by atoms with Gasteiger partial charge in [-0.1, -0.05) is 39.8 Å². The number of aromatic nitrogens is 4. The predicted octanol–water partition coefficient (Wildman–Crippen LogP) is 7.15. The number of halogens is 1. The molecule has 1 unspecified atom stereocenters. The van der Waals surface area contributed by atoms with Crippen LogP contribution in [0.25, 0.3) is 22.1 Å². The molecule has 66 heavy (non-hydrogen) atoms. The van der Waals surface area contributed by atoms with E-state index in [1.807, 2.05) is 64.1 Å². The number of nitrogens with one attached hydrogen (secondary N) is 4. The normalized spacial score (nSPS) is 21.0. The lowest BCUT2D eigenvalue weighted by atomic mass is 10.0. The topological polar surface area (TPSA) is 212 Å². The van der Waals surface area contributed by atoms with Crippen molar-refractivity contribution in [3.63, 3.8) is 0 Å². The van der Waals surface area contributed by atoms with Crippen LogP contribution in [-0.4, -0.2) is 108 Å². The van der Waals surface area contributed by atoms with Gasteiger partial charge in [-0.2, -0.15) is 0 Å². The van der Waals surface area contributed by atoms with Crippen molar-refractivity contribution in [2.45, 2.75) is 107 Å². The number of alkyl carbamates (subject to hydrolysis) is 2. The van der Waals surface area contributed by atoms with E-state index in [9.17, 15) is 27.6 Å². The van der Waals surface area contributed by atoms with Gasteiger partial charge in [0, 0.05) is 25.0 Å². The molecular formula is C47H58FN9O8S. The molecule has 352 valence electrons. The monoisotopic (exact) mass is 927 g/mol. The molecule has 5 heterocycles. The van der Waals surface area contributed by atoms with Crippen LogP contribution in [-0.2, 0) is 28.9 Å². The highest BCUT2D eigenvalue weighted by Crippen LogP contribution is 2.48. The molecule has 19 heteroatoms. The van der Waals surface area contributed by atoms with E-state index < -0.39 is 39.9 Å². The maximum absolute atomic E-state index is 15.8. The molecule has 2 aromatic heterocycles. The van der Waals surface area contributed by atoms with Crippen LogP contribution in [0, 0.1) is 17.7 Å². The fourth-order valence-corrected chi connectivity index (χ4v) is 10.7. The maximum atomic E-state index is 15.8. The van der Waals surface area contributed by atoms with E-state index in [0.717, 1.165) is 41.3 Å². The van der Waals surface area contributed by atoms with Crippen LogP contribution in [0.3, 0.4) is 0 Å². The van der Waals surface area contributed by atoms with Gasteiger partial charge < -0.3 is 44.8 Å². The van der Waals surface area contributed by atoms with Crippen molar-refractivity contribution < 1.29 is 41.5 Å². The number of imidazole rings is 2. The van der Waals surface area contributed by atoms with Gasteiger partial charge in [-0.15, -0.1) is 0 Å². The average Bonchev–Trinajstić information content (AvgIpc) is 4.14. The van der Waals surface area contributed by atoms with Crippen molar-refractivity contribution in [2.24, 2.45) is 11.8 Å². The summed E-state index contributed by atoms with van der Waals surface area (Å²) in [6.45, 7) is 8.52. The SMILES string of the molecule is COC(=O)N[C@H](C(=O)N1CCCC1c1nc2ccc([C@H]3CC[C@H](c4ccc5nc([C@@H]6CCCN6C(=O)[C@@H](NC(=O)OC)C(C)C)[nH]c5c4)N3c3ccc(S(C)(=O)=O)c(F)c3)cc2[nH]1)C(C)C. The highest BCUT2D eigenvalue weighted by atomic mass is 32.2. The number of fused-ring (bicyclic) bond motifs is 2. The molecule has 0 bridgehead atoms. The first-order valence-electron chi connectivity index (χ1n) is 22.5. The molecule has 3 aliphatic rings. The fraction of sp³-hybridized carbons (Fsp3) is 0.489. The number of anilines is 1. The molecule has 6 atom stereocenters. The summed E-state index contributed by atoms with van der Waals surface area (Å²) in [5, 5.41) is 5.39. The molecule has 3 fully saturated rings. The summed E-state index contributed by atoms with van der Waals surface area (Å²) in [6.07, 6.45) is 3.95. The minimum Gasteiger partial charge on any atom is -0.453 e. The molecule has 0 radical (unpaired) electrons. The Kier molecular flexibility index (Phi) is 13.0. The number of carbonyl (C=O) groups excluding carboxylic acids is 4. The van der Waals surface area contributed by atoms with Crippen LogP contribution in [0.4, 0.5) is 19.7 Å². The van der Waals surface area contributed by atoms with Gasteiger partial charge in [0.05, 0.1) is 60.5 Å². The zero-order chi connectivity index (χ0) is 47.2. The second kappa shape index (κ2) is 18.6. The number of carbonyl (C=O) groups is 4. The van der Waals surface area contributed by atoms with E-state index in [-0.39, 0.29) is 52.7 Å². The predicted molar refractivity (Wildman–Crippen MR) is 245 cm³/mol. The number of H-pyrrole nitrogens is 2. The van der Waals surface area contributed by atoms with E-state index >= 15 is 4.39 Å². The standard InChI is InChI=1S/C47H58FN9O8S/c1-25(2)40(53-46(60)64-5)44(58)55-20-8-10-37(55)42-49-31-15-12-27(22-33(31)51-42)35-17-18-36(57(35)29-14-19-39(30(48)24-29)66(7,62)63)28-13-16-32-34(23-28)52-43(50-32)38-11-9-21-56(38)45(59)41(26(3)4)54-47(61)65-6/h12-16,19,22-26,35-38,40-41H,8-11,17-18,20-21H2,1-7H3,(H,49,51)(H,50,52)(H,53,60)(H,54,61)/t35-,36-,37+,38?,40+,41+/m1/s1. The number of benzene rings is 3. The number of ether oxygens (including phenoxy) is 2. The van der Waals surface area contributed by atoms with E-state index in [2.05, 4.69) is 25.5 Å². The number of amides is 4. The Morgan fingerprint density at radius 1 is 0.682 bits per heavy atom. The summed E-state index contributed by atoms with van der Waals surface area (Å²) in [5.41, 5.74) is 5.36. The van der Waals surface area contributed by atoms with Crippen molar-refractivity contribution in [1.29, 1.82) is 0 Å². The third-order valence-electron chi connectivity index (χ3n) is 13.3. The Labute approximate surface area is 383 Å². The minimum atomic E-state index is -3.83. The van der Waals surface area contributed by atoms with Gasteiger partial charge in [0.25, 0.3) is 0 Å². The molecule has 0 aliphatic carbocycles. The van der Waals surface area contributed by atoms with Crippen LogP contribution < -0.4 is 15.5 Å². The molecule has 4 N–H and O–H groups in total. The molecule has 5 aromatic rings. The van der Waals surface area contributed by atoms with Gasteiger partial charge in [-0.3, -0.25) is 9.59 Å². The van der Waals surface area contributed by atoms with Gasteiger partial charge >= 0.3 is 12.2 Å².